The van der Waals surface area contributed by atoms with E-state index in [1.165, 1.54) is 17.5 Å². The smallest absolute Gasteiger partial charge is 0.232 e. The maximum Gasteiger partial charge on any atom is 0.232 e. The number of nitrogens with zero attached hydrogens (tertiary/aromatic N) is 7. The lowest BCUT2D eigenvalue weighted by Crippen LogP contribution is -2.38. The number of benzene rings is 2. The van der Waals surface area contributed by atoms with Crippen LogP contribution in [0.4, 0.5) is 11.8 Å². The molecule has 0 saturated carbocycles. The fourth-order valence-electron chi connectivity index (χ4n) is 7.56. The molecule has 0 radical (unpaired) electrons. The molecule has 12 nitrogen and oxygen atoms in total. The number of carbonyl (C=O) groups excluding carboxylic acids is 1. The van der Waals surface area contributed by atoms with Gasteiger partial charge in [-0.3, -0.25) is 9.20 Å². The van der Waals surface area contributed by atoms with Crippen LogP contribution < -0.4 is 19.7 Å². The lowest BCUT2D eigenvalue weighted by Gasteiger charge is -2.33. The van der Waals surface area contributed by atoms with Gasteiger partial charge in [0.1, 0.15) is 30.0 Å². The number of aliphatic hydroxyl groups is 1. The molecule has 0 spiro atoms. The predicted molar refractivity (Wildman–Crippen MR) is 203 cm³/mol. The van der Waals surface area contributed by atoms with Gasteiger partial charge in [-0.25, -0.2) is 4.68 Å². The largest absolute Gasteiger partial charge is 0.491 e. The molecule has 7 rings (SSSR count). The summed E-state index contributed by atoms with van der Waals surface area (Å²) in [5.41, 5.74) is 3.65. The van der Waals surface area contributed by atoms with E-state index in [0.29, 0.717) is 47.8 Å². The molecule has 3 aromatic heterocycles. The van der Waals surface area contributed by atoms with Crippen LogP contribution in [0.1, 0.15) is 101 Å². The minimum Gasteiger partial charge on any atom is -0.491 e. The predicted octanol–water partition coefficient (Wildman–Crippen LogP) is 7.27. The Hall–Kier alpha value is -5.41. The zero-order valence-corrected chi connectivity index (χ0v) is 30.7. The second kappa shape index (κ2) is 15.7. The Balaban J connectivity index is 1.01. The normalized spacial score (nSPS) is 18.7. The highest BCUT2D eigenvalue weighted by Gasteiger charge is 2.30. The second-order valence-corrected chi connectivity index (χ2v) is 14.7. The number of carbonyl (C=O) groups is 1. The maximum atomic E-state index is 13.4. The second-order valence-electron chi connectivity index (χ2n) is 14.7. The highest BCUT2D eigenvalue weighted by molar-refractivity contribution is 5.90. The maximum absolute atomic E-state index is 13.4. The van der Waals surface area contributed by atoms with E-state index in [1.807, 2.05) is 30.5 Å². The van der Waals surface area contributed by atoms with Crippen molar-refractivity contribution in [2.75, 3.05) is 30.0 Å². The van der Waals surface area contributed by atoms with Crippen LogP contribution in [-0.2, 0) is 10.2 Å². The summed E-state index contributed by atoms with van der Waals surface area (Å²) < 4.78 is 16.0. The first-order chi connectivity index (χ1) is 25.7. The van der Waals surface area contributed by atoms with Gasteiger partial charge in [-0.1, -0.05) is 30.3 Å². The lowest BCUT2D eigenvalue weighted by molar-refractivity contribution is -0.116. The molecule has 3 atom stereocenters. The number of hydrogen-bond acceptors (Lipinski definition) is 9. The molecule has 1 aliphatic heterocycles. The van der Waals surface area contributed by atoms with Gasteiger partial charge in [0.25, 0.3) is 0 Å². The van der Waals surface area contributed by atoms with Crippen molar-refractivity contribution in [1.82, 2.24) is 24.4 Å². The van der Waals surface area contributed by atoms with Crippen LogP contribution in [-0.4, -0.2) is 61.2 Å². The average Bonchev–Trinajstić information content (AvgIpc) is 3.80. The van der Waals surface area contributed by atoms with Crippen molar-refractivity contribution in [3.63, 3.8) is 0 Å². The van der Waals surface area contributed by atoms with Gasteiger partial charge in [0.15, 0.2) is 5.65 Å². The number of piperidine rings is 1. The van der Waals surface area contributed by atoms with E-state index in [0.717, 1.165) is 56.0 Å². The third-order valence-electron chi connectivity index (χ3n) is 10.5. The van der Waals surface area contributed by atoms with E-state index in [4.69, 9.17) is 14.6 Å². The van der Waals surface area contributed by atoms with Crippen LogP contribution in [0.15, 0.2) is 72.9 Å². The molecule has 1 aliphatic carbocycles. The van der Waals surface area contributed by atoms with E-state index < -0.39 is 5.41 Å². The van der Waals surface area contributed by atoms with Gasteiger partial charge in [-0.2, -0.15) is 10.4 Å². The first-order valence-electron chi connectivity index (χ1n) is 18.8. The highest BCUT2D eigenvalue weighted by atomic mass is 16.5. The summed E-state index contributed by atoms with van der Waals surface area (Å²) in [6.45, 7) is 6.89. The number of nitriles is 1. The van der Waals surface area contributed by atoms with Gasteiger partial charge >= 0.3 is 0 Å². The van der Waals surface area contributed by atoms with Crippen LogP contribution in [0, 0.1) is 11.3 Å². The van der Waals surface area contributed by atoms with Gasteiger partial charge in [0, 0.05) is 31.1 Å². The van der Waals surface area contributed by atoms with Crippen molar-refractivity contribution >= 4 is 23.3 Å². The molecular formula is C41H48N8O4. The Bertz CT molecular complexity index is 2100. The van der Waals surface area contributed by atoms with Gasteiger partial charge in [0.2, 0.25) is 11.9 Å². The molecule has 276 valence electrons. The molecule has 0 bridgehead atoms. The van der Waals surface area contributed by atoms with Gasteiger partial charge in [0.05, 0.1) is 35.7 Å². The molecule has 12 heteroatoms. The fourth-order valence-corrected chi connectivity index (χ4v) is 7.56. The summed E-state index contributed by atoms with van der Waals surface area (Å²) >= 11 is 0. The first kappa shape index (κ1) is 36.0. The highest BCUT2D eigenvalue weighted by Crippen LogP contribution is 2.42. The van der Waals surface area contributed by atoms with E-state index >= 15 is 0 Å². The molecule has 2 aliphatic rings. The molecule has 1 amide bonds. The SMILES string of the molecule is C[C@H]1CCCCN1c1nnc2ccc(O[C@@H]3CCC(CCCC(=O)Nc4cc(C(C)(C)C#N)nn4-c4cccc(OCCO)c4)c4ccccc43)cn12. The first-order valence-corrected chi connectivity index (χ1v) is 18.8. The average molecular weight is 717 g/mol. The Kier molecular flexibility index (Phi) is 10.6. The fraction of sp³-hybridized carbons (Fsp3) is 0.439. The minimum absolute atomic E-state index is 0.0725. The third kappa shape index (κ3) is 7.86. The summed E-state index contributed by atoms with van der Waals surface area (Å²) in [7, 11) is 0. The summed E-state index contributed by atoms with van der Waals surface area (Å²) in [4.78, 5) is 15.7. The molecule has 1 saturated heterocycles. The van der Waals surface area contributed by atoms with E-state index in [9.17, 15) is 15.2 Å². The molecule has 5 aromatic rings. The van der Waals surface area contributed by atoms with E-state index in [2.05, 4.69) is 62.1 Å². The molecule has 1 unspecified atom stereocenters. The van der Waals surface area contributed by atoms with E-state index in [1.54, 1.807) is 36.7 Å². The number of nitrogens with one attached hydrogen (secondary N) is 1. The van der Waals surface area contributed by atoms with Crippen LogP contribution >= 0.6 is 0 Å². The lowest BCUT2D eigenvalue weighted by atomic mass is 9.79. The quantitative estimate of drug-likeness (QED) is 0.129. The van der Waals surface area contributed by atoms with E-state index in [-0.39, 0.29) is 25.2 Å². The van der Waals surface area contributed by atoms with Crippen LogP contribution in [0.3, 0.4) is 0 Å². The molecular weight excluding hydrogens is 669 g/mol. The zero-order chi connectivity index (χ0) is 37.0. The van der Waals surface area contributed by atoms with Crippen molar-refractivity contribution in [3.05, 3.63) is 89.7 Å². The number of fused-ring (bicyclic) bond motifs is 2. The number of rotatable bonds is 13. The number of aliphatic hydroxyl groups excluding tert-OH is 1. The number of anilines is 2. The Morgan fingerprint density at radius 2 is 1.87 bits per heavy atom. The Labute approximate surface area is 310 Å². The molecule has 2 aromatic carbocycles. The molecule has 53 heavy (non-hydrogen) atoms. The minimum atomic E-state index is -0.857. The summed E-state index contributed by atoms with van der Waals surface area (Å²) in [5.74, 6) is 2.93. The van der Waals surface area contributed by atoms with Crippen molar-refractivity contribution in [1.29, 1.82) is 5.26 Å². The number of ether oxygens (including phenoxy) is 2. The number of hydrogen-bond donors (Lipinski definition) is 2. The topological polar surface area (TPSA) is 143 Å². The number of amides is 1. The van der Waals surface area contributed by atoms with Crippen LogP contribution in [0.25, 0.3) is 11.3 Å². The van der Waals surface area contributed by atoms with Gasteiger partial charge in [-0.15, -0.1) is 10.2 Å². The zero-order valence-electron chi connectivity index (χ0n) is 30.7. The molecule has 1 fully saturated rings. The summed E-state index contributed by atoms with van der Waals surface area (Å²) in [5, 5.41) is 35.7. The summed E-state index contributed by atoms with van der Waals surface area (Å²) in [6, 6.07) is 24.2. The molecule has 2 N–H and O–H groups in total. The van der Waals surface area contributed by atoms with Crippen molar-refractivity contribution in [2.24, 2.45) is 0 Å². The number of aromatic nitrogens is 5. The van der Waals surface area contributed by atoms with Crippen LogP contribution in [0.2, 0.25) is 0 Å². The van der Waals surface area contributed by atoms with Crippen molar-refractivity contribution in [2.45, 2.75) is 95.6 Å². The Morgan fingerprint density at radius 1 is 1.02 bits per heavy atom. The summed E-state index contributed by atoms with van der Waals surface area (Å²) in [6.07, 6.45) is 9.28. The van der Waals surface area contributed by atoms with Gasteiger partial charge < -0.3 is 24.8 Å². The standard InChI is InChI=1S/C41H48N8O4/c1-28-10-6-7-21-47(28)40-45-44-37-20-18-32(26-48(37)40)53-35-19-17-29(33-14-4-5-15-34(33)35)11-8-16-39(51)43-38-25-36(41(2,3)27-42)46-49(38)30-12-9-13-31(24-30)52-23-22-50/h4-5,9,12-15,18,20,24-26,28-29,35,50H,6-8,10-11,16-17,19,21-23H2,1-3H3,(H,43,51)/t28-,29?,35+/m0/s1. The third-order valence-corrected chi connectivity index (χ3v) is 10.5. The van der Waals surface area contributed by atoms with Crippen LogP contribution in [0.5, 0.6) is 11.5 Å². The van der Waals surface area contributed by atoms with Gasteiger partial charge in [-0.05, 0) is 107 Å². The monoisotopic (exact) mass is 716 g/mol. The van der Waals surface area contributed by atoms with Crippen molar-refractivity contribution in [3.8, 4) is 23.3 Å². The Morgan fingerprint density at radius 3 is 2.68 bits per heavy atom. The molecule has 4 heterocycles. The number of pyridine rings is 1. The van der Waals surface area contributed by atoms with Crippen molar-refractivity contribution < 1.29 is 19.4 Å².